The number of aryl methyl sites for hydroxylation is 1. The fourth-order valence-electron chi connectivity index (χ4n) is 3.28. The Morgan fingerprint density at radius 1 is 0.875 bits per heavy atom. The summed E-state index contributed by atoms with van der Waals surface area (Å²) in [6, 6.07) is 26.5. The van der Waals surface area contributed by atoms with Gasteiger partial charge >= 0.3 is 0 Å². The predicted molar refractivity (Wildman–Crippen MR) is 127 cm³/mol. The Labute approximate surface area is 187 Å². The molecule has 0 unspecified atom stereocenters. The average Bonchev–Trinajstić information content (AvgIpc) is 2.81. The van der Waals surface area contributed by atoms with Crippen LogP contribution < -0.4 is 15.4 Å². The van der Waals surface area contributed by atoms with Gasteiger partial charge in [-0.3, -0.25) is 4.79 Å². The summed E-state index contributed by atoms with van der Waals surface area (Å²) >= 11 is 0. The fourth-order valence-corrected chi connectivity index (χ4v) is 3.28. The molecule has 1 heterocycles. The lowest BCUT2D eigenvalue weighted by atomic mass is 10.1. The number of hydrogen-bond donors (Lipinski definition) is 2. The Morgan fingerprint density at radius 2 is 1.66 bits per heavy atom. The zero-order valence-corrected chi connectivity index (χ0v) is 18.0. The third-order valence-electron chi connectivity index (χ3n) is 4.73. The van der Waals surface area contributed by atoms with Gasteiger partial charge in [0.2, 0.25) is 0 Å². The Hall–Kier alpha value is -4.19. The van der Waals surface area contributed by atoms with E-state index in [2.05, 4.69) is 20.6 Å². The molecule has 0 radical (unpaired) electrons. The molecule has 0 atom stereocenters. The molecule has 4 aromatic rings. The minimum atomic E-state index is -0.193. The zero-order chi connectivity index (χ0) is 22.3. The second-order valence-electron chi connectivity index (χ2n) is 7.17. The van der Waals surface area contributed by atoms with Gasteiger partial charge in [0.05, 0.1) is 12.3 Å². The first-order valence-electron chi connectivity index (χ1n) is 10.4. The first-order chi connectivity index (χ1) is 15.6. The van der Waals surface area contributed by atoms with Crippen molar-refractivity contribution in [3.63, 3.8) is 0 Å². The van der Waals surface area contributed by atoms with Crippen LogP contribution >= 0.6 is 0 Å². The number of nitrogens with zero attached hydrogens (tertiary/aromatic N) is 2. The van der Waals surface area contributed by atoms with Crippen LogP contribution in [0, 0.1) is 6.92 Å². The van der Waals surface area contributed by atoms with Gasteiger partial charge in [-0.15, -0.1) is 0 Å². The van der Waals surface area contributed by atoms with E-state index in [1.165, 1.54) is 0 Å². The summed E-state index contributed by atoms with van der Waals surface area (Å²) in [6.45, 7) is 4.39. The van der Waals surface area contributed by atoms with Crippen molar-refractivity contribution < 1.29 is 9.53 Å². The molecule has 0 fully saturated rings. The summed E-state index contributed by atoms with van der Waals surface area (Å²) in [5.41, 5.74) is 3.87. The molecule has 1 aromatic heterocycles. The number of benzene rings is 3. The van der Waals surface area contributed by atoms with Crippen molar-refractivity contribution in [3.05, 3.63) is 96.3 Å². The third-order valence-corrected chi connectivity index (χ3v) is 4.73. The molecule has 32 heavy (non-hydrogen) atoms. The van der Waals surface area contributed by atoms with E-state index in [-0.39, 0.29) is 5.91 Å². The SMILES string of the molecule is CCOc1ccc(NC(=O)c2cccc(Nc3cc(-c4ccccc4)nc(C)n3)c2)cc1. The number of nitrogens with one attached hydrogen (secondary N) is 2. The number of amides is 1. The molecule has 0 aliphatic heterocycles. The monoisotopic (exact) mass is 424 g/mol. The van der Waals surface area contributed by atoms with Gasteiger partial charge in [-0.1, -0.05) is 36.4 Å². The highest BCUT2D eigenvalue weighted by Crippen LogP contribution is 2.23. The first-order valence-corrected chi connectivity index (χ1v) is 10.4. The van der Waals surface area contributed by atoms with Crippen molar-refractivity contribution in [2.24, 2.45) is 0 Å². The molecule has 0 saturated carbocycles. The molecule has 4 rings (SSSR count). The van der Waals surface area contributed by atoms with E-state index in [0.717, 1.165) is 22.7 Å². The Bertz CT molecular complexity index is 1210. The summed E-state index contributed by atoms with van der Waals surface area (Å²) < 4.78 is 5.44. The van der Waals surface area contributed by atoms with Gasteiger partial charge in [0.25, 0.3) is 5.91 Å². The molecule has 6 nitrogen and oxygen atoms in total. The lowest BCUT2D eigenvalue weighted by molar-refractivity contribution is 0.102. The number of aromatic nitrogens is 2. The molecule has 0 spiro atoms. The van der Waals surface area contributed by atoms with Gasteiger partial charge in [0, 0.05) is 28.6 Å². The maximum Gasteiger partial charge on any atom is 0.255 e. The van der Waals surface area contributed by atoms with E-state index in [1.807, 2.05) is 86.6 Å². The van der Waals surface area contributed by atoms with E-state index in [0.29, 0.717) is 29.5 Å². The minimum absolute atomic E-state index is 0.193. The maximum atomic E-state index is 12.7. The molecular weight excluding hydrogens is 400 g/mol. The number of carbonyl (C=O) groups excluding carboxylic acids is 1. The molecule has 0 bridgehead atoms. The van der Waals surface area contributed by atoms with E-state index >= 15 is 0 Å². The highest BCUT2D eigenvalue weighted by atomic mass is 16.5. The van der Waals surface area contributed by atoms with Crippen molar-refractivity contribution in [2.45, 2.75) is 13.8 Å². The zero-order valence-electron chi connectivity index (χ0n) is 18.0. The number of carbonyl (C=O) groups is 1. The van der Waals surface area contributed by atoms with Crippen molar-refractivity contribution in [2.75, 3.05) is 17.2 Å². The quantitative estimate of drug-likeness (QED) is 0.389. The Morgan fingerprint density at radius 3 is 2.41 bits per heavy atom. The average molecular weight is 425 g/mol. The molecule has 0 aliphatic carbocycles. The first kappa shape index (κ1) is 21.1. The second-order valence-corrected chi connectivity index (χ2v) is 7.17. The standard InChI is InChI=1S/C26H24N4O2/c1-3-32-23-14-12-21(13-15-23)30-26(31)20-10-7-11-22(16-20)29-25-17-24(27-18(2)28-25)19-8-5-4-6-9-19/h4-17H,3H2,1-2H3,(H,30,31)(H,27,28,29). The summed E-state index contributed by atoms with van der Waals surface area (Å²) in [5, 5.41) is 6.20. The highest BCUT2D eigenvalue weighted by Gasteiger charge is 2.09. The molecular formula is C26H24N4O2. The molecule has 1 amide bonds. The van der Waals surface area contributed by atoms with Gasteiger partial charge in [-0.2, -0.15) is 0 Å². The van der Waals surface area contributed by atoms with Crippen molar-refractivity contribution >= 4 is 23.1 Å². The summed E-state index contributed by atoms with van der Waals surface area (Å²) in [6.07, 6.45) is 0. The van der Waals surface area contributed by atoms with Crippen LogP contribution in [-0.2, 0) is 0 Å². The second kappa shape index (κ2) is 9.75. The van der Waals surface area contributed by atoms with Gasteiger partial charge in [0.15, 0.2) is 0 Å². The van der Waals surface area contributed by atoms with Crippen LogP contribution in [0.5, 0.6) is 5.75 Å². The van der Waals surface area contributed by atoms with E-state index in [9.17, 15) is 4.79 Å². The van der Waals surface area contributed by atoms with Gasteiger partial charge in [0.1, 0.15) is 17.4 Å². The third kappa shape index (κ3) is 5.29. The van der Waals surface area contributed by atoms with Crippen LogP contribution in [-0.4, -0.2) is 22.5 Å². The maximum absolute atomic E-state index is 12.7. The van der Waals surface area contributed by atoms with E-state index in [1.54, 1.807) is 12.1 Å². The van der Waals surface area contributed by atoms with Crippen molar-refractivity contribution in [3.8, 4) is 17.0 Å². The molecule has 160 valence electrons. The molecule has 2 N–H and O–H groups in total. The molecule has 0 saturated heterocycles. The van der Waals surface area contributed by atoms with Gasteiger partial charge in [-0.25, -0.2) is 9.97 Å². The Balaban J connectivity index is 1.49. The van der Waals surface area contributed by atoms with E-state index in [4.69, 9.17) is 4.74 Å². The number of hydrogen-bond acceptors (Lipinski definition) is 5. The van der Waals surface area contributed by atoms with Gasteiger partial charge < -0.3 is 15.4 Å². The van der Waals surface area contributed by atoms with Crippen LogP contribution in [0.3, 0.4) is 0 Å². The minimum Gasteiger partial charge on any atom is -0.494 e. The van der Waals surface area contributed by atoms with Crippen LogP contribution in [0.2, 0.25) is 0 Å². The van der Waals surface area contributed by atoms with Crippen LogP contribution in [0.25, 0.3) is 11.3 Å². The molecule has 3 aromatic carbocycles. The molecule has 0 aliphatic rings. The summed E-state index contributed by atoms with van der Waals surface area (Å²) in [5.74, 6) is 1.91. The normalized spacial score (nSPS) is 10.4. The summed E-state index contributed by atoms with van der Waals surface area (Å²) in [4.78, 5) is 21.7. The van der Waals surface area contributed by atoms with E-state index < -0.39 is 0 Å². The highest BCUT2D eigenvalue weighted by molar-refractivity contribution is 6.04. The summed E-state index contributed by atoms with van der Waals surface area (Å²) in [7, 11) is 0. The Kier molecular flexibility index (Phi) is 6.41. The van der Waals surface area contributed by atoms with Crippen molar-refractivity contribution in [1.29, 1.82) is 0 Å². The lowest BCUT2D eigenvalue weighted by Gasteiger charge is -2.11. The number of rotatable bonds is 7. The molecule has 6 heteroatoms. The largest absolute Gasteiger partial charge is 0.494 e. The smallest absolute Gasteiger partial charge is 0.255 e. The van der Waals surface area contributed by atoms with Crippen LogP contribution in [0.4, 0.5) is 17.2 Å². The lowest BCUT2D eigenvalue weighted by Crippen LogP contribution is -2.12. The van der Waals surface area contributed by atoms with Crippen LogP contribution in [0.15, 0.2) is 84.9 Å². The number of ether oxygens (including phenoxy) is 1. The van der Waals surface area contributed by atoms with Crippen molar-refractivity contribution in [1.82, 2.24) is 9.97 Å². The predicted octanol–water partition coefficient (Wildman–Crippen LogP) is 5.85. The van der Waals surface area contributed by atoms with Crippen LogP contribution in [0.1, 0.15) is 23.1 Å². The number of anilines is 3. The fraction of sp³-hybridized carbons (Fsp3) is 0.115. The van der Waals surface area contributed by atoms with Gasteiger partial charge in [-0.05, 0) is 56.3 Å². The topological polar surface area (TPSA) is 76.1 Å².